The first-order valence-corrected chi connectivity index (χ1v) is 10.3. The van der Waals surface area contributed by atoms with E-state index >= 15 is 0 Å². The van der Waals surface area contributed by atoms with Gasteiger partial charge in [-0.05, 0) is 55.2 Å². The van der Waals surface area contributed by atoms with E-state index < -0.39 is 0 Å². The van der Waals surface area contributed by atoms with Crippen molar-refractivity contribution < 1.29 is 9.59 Å². The summed E-state index contributed by atoms with van der Waals surface area (Å²) >= 11 is 1.88. The first-order chi connectivity index (χ1) is 12.2. The van der Waals surface area contributed by atoms with Crippen molar-refractivity contribution in [3.63, 3.8) is 0 Å². The second-order valence-corrected chi connectivity index (χ2v) is 7.78. The predicted octanol–water partition coefficient (Wildman–Crippen LogP) is 2.99. The van der Waals surface area contributed by atoms with Crippen LogP contribution in [-0.2, 0) is 6.42 Å². The molecule has 5 nitrogen and oxygen atoms in total. The fourth-order valence-corrected chi connectivity index (χ4v) is 4.36. The van der Waals surface area contributed by atoms with Crippen LogP contribution in [0.1, 0.15) is 42.1 Å². The van der Waals surface area contributed by atoms with Crippen molar-refractivity contribution in [2.45, 2.75) is 37.5 Å². The number of aryl methyl sites for hydroxylation is 1. The molecule has 1 fully saturated rings. The van der Waals surface area contributed by atoms with Crippen LogP contribution in [0.25, 0.3) is 0 Å². The standard InChI is InChI=1S/C19H27N3O2S/c1-2-8-20-19(24)22-10-4-9-21(11-12-22)18(23)16-6-7-17-15(14-16)5-3-13-25-17/h6-7,14H,2-5,8-13H2,1H3,(H,20,24). The molecule has 1 saturated heterocycles. The Balaban J connectivity index is 1.62. The van der Waals surface area contributed by atoms with Gasteiger partial charge in [-0.25, -0.2) is 4.79 Å². The molecular formula is C19H27N3O2S. The second kappa shape index (κ2) is 8.61. The number of amides is 3. The van der Waals surface area contributed by atoms with E-state index in [1.54, 1.807) is 0 Å². The largest absolute Gasteiger partial charge is 0.338 e. The van der Waals surface area contributed by atoms with Gasteiger partial charge in [0.25, 0.3) is 5.91 Å². The second-order valence-electron chi connectivity index (χ2n) is 6.64. The van der Waals surface area contributed by atoms with Crippen LogP contribution in [0, 0.1) is 0 Å². The minimum Gasteiger partial charge on any atom is -0.338 e. The van der Waals surface area contributed by atoms with Crippen LogP contribution in [0.2, 0.25) is 0 Å². The minimum atomic E-state index is -0.0121. The molecule has 0 atom stereocenters. The van der Waals surface area contributed by atoms with Crippen LogP contribution >= 0.6 is 11.8 Å². The molecule has 3 rings (SSSR count). The topological polar surface area (TPSA) is 52.7 Å². The molecule has 3 amide bonds. The highest BCUT2D eigenvalue weighted by Crippen LogP contribution is 2.30. The number of hydrogen-bond acceptors (Lipinski definition) is 3. The Bertz CT molecular complexity index is 635. The predicted molar refractivity (Wildman–Crippen MR) is 101 cm³/mol. The summed E-state index contributed by atoms with van der Waals surface area (Å²) in [6, 6.07) is 6.10. The van der Waals surface area contributed by atoms with Crippen molar-refractivity contribution in [2.24, 2.45) is 0 Å². The number of fused-ring (bicyclic) bond motifs is 1. The van der Waals surface area contributed by atoms with Gasteiger partial charge in [-0.1, -0.05) is 6.92 Å². The number of nitrogens with zero attached hydrogens (tertiary/aromatic N) is 2. The summed E-state index contributed by atoms with van der Waals surface area (Å²) < 4.78 is 0. The Morgan fingerprint density at radius 2 is 1.92 bits per heavy atom. The molecule has 0 unspecified atom stereocenters. The molecule has 0 saturated carbocycles. The van der Waals surface area contributed by atoms with Gasteiger partial charge in [0, 0.05) is 43.2 Å². The van der Waals surface area contributed by atoms with Crippen molar-refractivity contribution in [1.29, 1.82) is 0 Å². The van der Waals surface area contributed by atoms with E-state index in [0.29, 0.717) is 32.7 Å². The number of nitrogens with one attached hydrogen (secondary N) is 1. The van der Waals surface area contributed by atoms with E-state index in [2.05, 4.69) is 17.4 Å². The molecule has 1 aromatic carbocycles. The zero-order chi connectivity index (χ0) is 17.6. The maximum absolute atomic E-state index is 12.9. The molecule has 0 spiro atoms. The number of carbonyl (C=O) groups is 2. The van der Waals surface area contributed by atoms with E-state index in [1.165, 1.54) is 22.6 Å². The van der Waals surface area contributed by atoms with Gasteiger partial charge >= 0.3 is 6.03 Å². The fourth-order valence-electron chi connectivity index (χ4n) is 3.34. The molecular weight excluding hydrogens is 334 g/mol. The van der Waals surface area contributed by atoms with Crippen LogP contribution in [-0.4, -0.2) is 60.2 Å². The monoisotopic (exact) mass is 361 g/mol. The Morgan fingerprint density at radius 1 is 1.12 bits per heavy atom. The van der Waals surface area contributed by atoms with Gasteiger partial charge in [0.2, 0.25) is 0 Å². The highest BCUT2D eigenvalue weighted by Gasteiger charge is 2.23. The lowest BCUT2D eigenvalue weighted by Crippen LogP contribution is -2.42. The minimum absolute atomic E-state index is 0.0121. The molecule has 2 heterocycles. The maximum atomic E-state index is 12.9. The summed E-state index contributed by atoms with van der Waals surface area (Å²) in [6.45, 7) is 5.36. The lowest BCUT2D eigenvalue weighted by molar-refractivity contribution is 0.0762. The molecule has 6 heteroatoms. The molecule has 2 aliphatic heterocycles. The summed E-state index contributed by atoms with van der Waals surface area (Å²) in [6.07, 6.45) is 4.00. The van der Waals surface area contributed by atoms with Crippen LogP contribution in [0.5, 0.6) is 0 Å². The summed E-state index contributed by atoms with van der Waals surface area (Å²) in [5.74, 6) is 1.26. The molecule has 1 N–H and O–H groups in total. The van der Waals surface area contributed by atoms with Crippen molar-refractivity contribution in [1.82, 2.24) is 15.1 Å². The van der Waals surface area contributed by atoms with Crippen LogP contribution < -0.4 is 5.32 Å². The van der Waals surface area contributed by atoms with Gasteiger partial charge in [0.1, 0.15) is 0 Å². The molecule has 0 aliphatic carbocycles. The van der Waals surface area contributed by atoms with E-state index in [0.717, 1.165) is 24.8 Å². The Hall–Kier alpha value is -1.69. The lowest BCUT2D eigenvalue weighted by atomic mass is 10.1. The smallest absolute Gasteiger partial charge is 0.317 e. The van der Waals surface area contributed by atoms with E-state index in [4.69, 9.17) is 0 Å². The normalized spacial score (nSPS) is 17.6. The zero-order valence-corrected chi connectivity index (χ0v) is 15.7. The third kappa shape index (κ3) is 4.48. The molecule has 136 valence electrons. The zero-order valence-electron chi connectivity index (χ0n) is 14.9. The van der Waals surface area contributed by atoms with Crippen molar-refractivity contribution >= 4 is 23.7 Å². The first-order valence-electron chi connectivity index (χ1n) is 9.27. The SMILES string of the molecule is CCCNC(=O)N1CCCN(C(=O)c2ccc3c(c2)CCCS3)CC1. The summed E-state index contributed by atoms with van der Waals surface area (Å²) in [7, 11) is 0. The molecule has 25 heavy (non-hydrogen) atoms. The molecule has 0 radical (unpaired) electrons. The van der Waals surface area contributed by atoms with Crippen molar-refractivity contribution in [3.8, 4) is 0 Å². The third-order valence-electron chi connectivity index (χ3n) is 4.75. The van der Waals surface area contributed by atoms with E-state index in [9.17, 15) is 9.59 Å². The van der Waals surface area contributed by atoms with E-state index in [1.807, 2.05) is 34.6 Å². The summed E-state index contributed by atoms with van der Waals surface area (Å²) in [4.78, 5) is 30.0. The molecule has 1 aromatic rings. The van der Waals surface area contributed by atoms with Gasteiger partial charge in [-0.15, -0.1) is 11.8 Å². The average Bonchev–Trinajstić information content (AvgIpc) is 2.91. The summed E-state index contributed by atoms with van der Waals surface area (Å²) in [5.41, 5.74) is 2.09. The number of urea groups is 1. The van der Waals surface area contributed by atoms with Gasteiger partial charge in [-0.2, -0.15) is 0 Å². The maximum Gasteiger partial charge on any atom is 0.317 e. The van der Waals surface area contributed by atoms with Crippen molar-refractivity contribution in [2.75, 3.05) is 38.5 Å². The van der Waals surface area contributed by atoms with Crippen LogP contribution in [0.3, 0.4) is 0 Å². The van der Waals surface area contributed by atoms with Gasteiger partial charge < -0.3 is 15.1 Å². The third-order valence-corrected chi connectivity index (χ3v) is 5.95. The average molecular weight is 362 g/mol. The Labute approximate surface area is 154 Å². The highest BCUT2D eigenvalue weighted by atomic mass is 32.2. The molecule has 2 aliphatic rings. The number of thioether (sulfide) groups is 1. The van der Waals surface area contributed by atoms with Gasteiger partial charge in [0.05, 0.1) is 0 Å². The van der Waals surface area contributed by atoms with Crippen LogP contribution in [0.15, 0.2) is 23.1 Å². The van der Waals surface area contributed by atoms with Crippen LogP contribution in [0.4, 0.5) is 4.79 Å². The van der Waals surface area contributed by atoms with Gasteiger partial charge in [-0.3, -0.25) is 4.79 Å². The fraction of sp³-hybridized carbons (Fsp3) is 0.579. The van der Waals surface area contributed by atoms with Crippen molar-refractivity contribution in [3.05, 3.63) is 29.3 Å². The summed E-state index contributed by atoms with van der Waals surface area (Å²) in [5, 5.41) is 2.92. The lowest BCUT2D eigenvalue weighted by Gasteiger charge is -2.23. The number of hydrogen-bond donors (Lipinski definition) is 1. The number of carbonyl (C=O) groups excluding carboxylic acids is 2. The molecule has 0 aromatic heterocycles. The number of benzene rings is 1. The molecule has 0 bridgehead atoms. The Morgan fingerprint density at radius 3 is 2.76 bits per heavy atom. The van der Waals surface area contributed by atoms with E-state index in [-0.39, 0.29) is 11.9 Å². The first kappa shape index (κ1) is 18.1. The van der Waals surface area contributed by atoms with Gasteiger partial charge in [0.15, 0.2) is 0 Å². The quantitative estimate of drug-likeness (QED) is 0.900. The Kier molecular flexibility index (Phi) is 6.24. The number of rotatable bonds is 3. The highest BCUT2D eigenvalue weighted by molar-refractivity contribution is 7.99.